The average molecular weight is 156 g/mol. The third kappa shape index (κ3) is 7.91. The van der Waals surface area contributed by atoms with E-state index in [2.05, 4.69) is 31.4 Å². The van der Waals surface area contributed by atoms with Crippen molar-refractivity contribution in [3.8, 4) is 11.8 Å². The Balaban J connectivity index is 2.90. The number of rotatable bonds is 4. The largest absolute Gasteiger partial charge is 0.166 e. The molecule has 0 aliphatic rings. The van der Waals surface area contributed by atoms with Crippen LogP contribution in [0, 0.1) is 11.8 Å². The fourth-order valence-corrected chi connectivity index (χ4v) is 0.896. The summed E-state index contributed by atoms with van der Waals surface area (Å²) in [7, 11) is 0. The van der Waals surface area contributed by atoms with Crippen molar-refractivity contribution in [1.82, 2.24) is 0 Å². The van der Waals surface area contributed by atoms with Gasteiger partial charge in [0, 0.05) is 6.42 Å². The molecule has 1 heteroatoms. The maximum atomic E-state index is 3.99. The molecule has 0 bridgehead atoms. The zero-order chi connectivity index (χ0) is 7.66. The molecule has 0 aliphatic carbocycles. The Hall–Kier alpha value is -0.0900. The molecule has 10 heavy (non-hydrogen) atoms. The molecular formula is C9H16S. The monoisotopic (exact) mass is 156 g/mol. The van der Waals surface area contributed by atoms with Crippen molar-refractivity contribution in [2.24, 2.45) is 0 Å². The van der Waals surface area contributed by atoms with Gasteiger partial charge >= 0.3 is 0 Å². The van der Waals surface area contributed by atoms with Crippen molar-refractivity contribution in [2.75, 3.05) is 5.75 Å². The topological polar surface area (TPSA) is 0 Å². The minimum Gasteiger partial charge on any atom is -0.166 e. The van der Waals surface area contributed by atoms with E-state index in [4.69, 9.17) is 0 Å². The van der Waals surface area contributed by atoms with Gasteiger partial charge in [-0.3, -0.25) is 0 Å². The summed E-state index contributed by atoms with van der Waals surface area (Å²) in [5, 5.41) is 0. The molecule has 0 saturated carbocycles. The highest BCUT2D eigenvalue weighted by atomic mass is 32.1. The molecule has 0 spiro atoms. The first-order valence-corrected chi connectivity index (χ1v) is 4.61. The summed E-state index contributed by atoms with van der Waals surface area (Å²) in [5.41, 5.74) is 0. The Morgan fingerprint density at radius 1 is 1.10 bits per heavy atom. The van der Waals surface area contributed by atoms with Gasteiger partial charge in [-0.15, -0.1) is 5.92 Å². The van der Waals surface area contributed by atoms with Crippen molar-refractivity contribution in [3.63, 3.8) is 0 Å². The lowest BCUT2D eigenvalue weighted by Gasteiger charge is -1.91. The maximum Gasteiger partial charge on any atom is 0.0517 e. The molecule has 0 fully saturated rings. The van der Waals surface area contributed by atoms with Gasteiger partial charge in [0.25, 0.3) is 0 Å². The smallest absolute Gasteiger partial charge is 0.0517 e. The van der Waals surface area contributed by atoms with Crippen LogP contribution < -0.4 is 0 Å². The zero-order valence-corrected chi connectivity index (χ0v) is 7.58. The summed E-state index contributed by atoms with van der Waals surface area (Å²) in [6, 6.07) is 0. The fourth-order valence-electron chi connectivity index (χ4n) is 0.784. The van der Waals surface area contributed by atoms with Gasteiger partial charge in [-0.2, -0.15) is 12.6 Å². The van der Waals surface area contributed by atoms with Crippen LogP contribution in [0.25, 0.3) is 0 Å². The first-order valence-electron chi connectivity index (χ1n) is 3.98. The minimum absolute atomic E-state index is 0.702. The van der Waals surface area contributed by atoms with E-state index < -0.39 is 0 Å². The summed E-state index contributed by atoms with van der Waals surface area (Å²) >= 11 is 3.99. The molecule has 0 unspecified atom stereocenters. The second-order valence-corrected chi connectivity index (χ2v) is 2.64. The molecular weight excluding hydrogens is 140 g/mol. The maximum absolute atomic E-state index is 3.99. The van der Waals surface area contributed by atoms with Crippen molar-refractivity contribution < 1.29 is 0 Å². The van der Waals surface area contributed by atoms with Crippen LogP contribution in [0.2, 0.25) is 0 Å². The van der Waals surface area contributed by atoms with Gasteiger partial charge in [0.05, 0.1) is 5.75 Å². The van der Waals surface area contributed by atoms with E-state index in [0.29, 0.717) is 5.75 Å². The van der Waals surface area contributed by atoms with Gasteiger partial charge in [0.15, 0.2) is 0 Å². The predicted octanol–water partition coefficient (Wildman–Crippen LogP) is 2.89. The molecule has 0 aromatic heterocycles. The first-order chi connectivity index (χ1) is 4.91. The van der Waals surface area contributed by atoms with Crippen LogP contribution >= 0.6 is 12.6 Å². The van der Waals surface area contributed by atoms with Crippen LogP contribution in [-0.2, 0) is 0 Å². The summed E-state index contributed by atoms with van der Waals surface area (Å²) in [6.07, 6.45) is 6.30. The van der Waals surface area contributed by atoms with Gasteiger partial charge < -0.3 is 0 Å². The van der Waals surface area contributed by atoms with Crippen LogP contribution in [0.4, 0.5) is 0 Å². The lowest BCUT2D eigenvalue weighted by atomic mass is 10.2. The summed E-state index contributed by atoms with van der Waals surface area (Å²) in [4.78, 5) is 0. The molecule has 0 atom stereocenters. The standard InChI is InChI=1S/C9H16S/c1-2-3-4-5-6-7-8-9-10/h10H,2-6,9H2,1H3. The van der Waals surface area contributed by atoms with Crippen LogP contribution in [0.3, 0.4) is 0 Å². The fraction of sp³-hybridized carbons (Fsp3) is 0.778. The van der Waals surface area contributed by atoms with E-state index in [0.717, 1.165) is 6.42 Å². The van der Waals surface area contributed by atoms with Crippen molar-refractivity contribution in [1.29, 1.82) is 0 Å². The van der Waals surface area contributed by atoms with Crippen molar-refractivity contribution in [2.45, 2.75) is 39.0 Å². The quantitative estimate of drug-likeness (QED) is 0.361. The normalized spacial score (nSPS) is 8.60. The molecule has 0 aromatic carbocycles. The number of thiol groups is 1. The molecule has 0 aromatic rings. The third-order valence-corrected chi connectivity index (χ3v) is 1.52. The highest BCUT2D eigenvalue weighted by Gasteiger charge is 1.82. The summed E-state index contributed by atoms with van der Waals surface area (Å²) in [5.74, 6) is 6.71. The van der Waals surface area contributed by atoms with Crippen LogP contribution in [0.15, 0.2) is 0 Å². The predicted molar refractivity (Wildman–Crippen MR) is 50.4 cm³/mol. The van der Waals surface area contributed by atoms with E-state index in [9.17, 15) is 0 Å². The summed E-state index contributed by atoms with van der Waals surface area (Å²) in [6.45, 7) is 2.22. The Morgan fingerprint density at radius 2 is 1.90 bits per heavy atom. The Kier molecular flexibility index (Phi) is 8.83. The number of hydrogen-bond donors (Lipinski definition) is 1. The van der Waals surface area contributed by atoms with Gasteiger partial charge in [0.1, 0.15) is 0 Å². The van der Waals surface area contributed by atoms with Crippen molar-refractivity contribution >= 4 is 12.6 Å². The van der Waals surface area contributed by atoms with E-state index >= 15 is 0 Å². The molecule has 0 saturated heterocycles. The van der Waals surface area contributed by atoms with E-state index in [1.54, 1.807) is 0 Å². The second kappa shape index (κ2) is 8.91. The highest BCUT2D eigenvalue weighted by molar-refractivity contribution is 7.80. The lowest BCUT2D eigenvalue weighted by molar-refractivity contribution is 0.679. The Bertz CT molecular complexity index is 108. The SMILES string of the molecule is CCCCCCC#CCS. The van der Waals surface area contributed by atoms with Crippen LogP contribution in [0.5, 0.6) is 0 Å². The van der Waals surface area contributed by atoms with Gasteiger partial charge in [-0.05, 0) is 6.42 Å². The minimum atomic E-state index is 0.702. The lowest BCUT2D eigenvalue weighted by Crippen LogP contribution is -1.74. The highest BCUT2D eigenvalue weighted by Crippen LogP contribution is 2.00. The van der Waals surface area contributed by atoms with Gasteiger partial charge in [0.2, 0.25) is 0 Å². The third-order valence-electron chi connectivity index (χ3n) is 1.36. The molecule has 0 radical (unpaired) electrons. The van der Waals surface area contributed by atoms with Crippen LogP contribution in [0.1, 0.15) is 39.0 Å². The summed E-state index contributed by atoms with van der Waals surface area (Å²) < 4.78 is 0. The first kappa shape index (κ1) is 9.91. The molecule has 58 valence electrons. The van der Waals surface area contributed by atoms with Gasteiger partial charge in [-0.1, -0.05) is 32.1 Å². The molecule has 0 aliphatic heterocycles. The Labute approximate surface area is 69.8 Å². The van der Waals surface area contributed by atoms with Crippen LogP contribution in [-0.4, -0.2) is 5.75 Å². The van der Waals surface area contributed by atoms with E-state index in [1.165, 1.54) is 25.7 Å². The molecule has 0 heterocycles. The van der Waals surface area contributed by atoms with Crippen molar-refractivity contribution in [3.05, 3.63) is 0 Å². The molecule has 0 rings (SSSR count). The number of hydrogen-bond acceptors (Lipinski definition) is 1. The van der Waals surface area contributed by atoms with E-state index in [1.807, 2.05) is 0 Å². The molecule has 0 amide bonds. The van der Waals surface area contributed by atoms with Gasteiger partial charge in [-0.25, -0.2) is 0 Å². The second-order valence-electron chi connectivity index (χ2n) is 2.32. The average Bonchev–Trinajstić information content (AvgIpc) is 1.97. The number of unbranched alkanes of at least 4 members (excludes halogenated alkanes) is 4. The Morgan fingerprint density at radius 3 is 2.50 bits per heavy atom. The molecule has 0 N–H and O–H groups in total. The molecule has 0 nitrogen and oxygen atoms in total. The zero-order valence-electron chi connectivity index (χ0n) is 6.69. The van der Waals surface area contributed by atoms with E-state index in [-0.39, 0.29) is 0 Å².